The lowest BCUT2D eigenvalue weighted by atomic mass is 10.1. The molecule has 0 saturated carbocycles. The molecular weight excluding hydrogens is 332 g/mol. The van der Waals surface area contributed by atoms with Gasteiger partial charge in [0.2, 0.25) is 0 Å². The van der Waals surface area contributed by atoms with E-state index >= 15 is 0 Å². The van der Waals surface area contributed by atoms with Crippen LogP contribution in [0.25, 0.3) is 0 Å². The van der Waals surface area contributed by atoms with Crippen molar-refractivity contribution in [1.29, 1.82) is 0 Å². The summed E-state index contributed by atoms with van der Waals surface area (Å²) in [6, 6.07) is 10.4. The Morgan fingerprint density at radius 3 is 2.21 bits per heavy atom. The lowest BCUT2D eigenvalue weighted by Crippen LogP contribution is -2.12. The van der Waals surface area contributed by atoms with Gasteiger partial charge in [-0.15, -0.1) is 0 Å². The minimum atomic E-state index is -4.01. The molecule has 128 valence electrons. The van der Waals surface area contributed by atoms with Crippen molar-refractivity contribution in [2.45, 2.75) is 18.7 Å². The molecular formula is C17H18O6S. The third-order valence-electron chi connectivity index (χ3n) is 3.21. The highest BCUT2D eigenvalue weighted by Crippen LogP contribution is 2.24. The first-order valence-electron chi connectivity index (χ1n) is 7.23. The zero-order valence-electron chi connectivity index (χ0n) is 13.6. The average Bonchev–Trinajstić information content (AvgIpc) is 2.55. The third-order valence-corrected chi connectivity index (χ3v) is 4.61. The van der Waals surface area contributed by atoms with Crippen LogP contribution in [0.4, 0.5) is 0 Å². The Morgan fingerprint density at radius 2 is 1.67 bits per heavy atom. The molecule has 0 radical (unpaired) electrons. The number of rotatable bonds is 6. The number of esters is 1. The van der Waals surface area contributed by atoms with Crippen LogP contribution in [-0.4, -0.2) is 28.1 Å². The maximum Gasteiger partial charge on any atom is 0.339 e. The van der Waals surface area contributed by atoms with Gasteiger partial charge in [-0.1, -0.05) is 0 Å². The molecule has 0 N–H and O–H groups in total. The van der Waals surface area contributed by atoms with Gasteiger partial charge in [0.1, 0.15) is 16.4 Å². The summed E-state index contributed by atoms with van der Waals surface area (Å²) in [6.07, 6.45) is 0. The van der Waals surface area contributed by atoms with E-state index in [1.165, 1.54) is 37.4 Å². The fourth-order valence-electron chi connectivity index (χ4n) is 2.10. The predicted octanol–water partition coefficient (Wildman–Crippen LogP) is 2.95. The molecule has 0 bridgehead atoms. The summed E-state index contributed by atoms with van der Waals surface area (Å²) < 4.78 is 39.9. The third kappa shape index (κ3) is 4.05. The minimum Gasteiger partial charge on any atom is -0.494 e. The molecule has 0 aliphatic carbocycles. The molecule has 2 aromatic carbocycles. The fourth-order valence-corrected chi connectivity index (χ4v) is 3.25. The lowest BCUT2D eigenvalue weighted by Gasteiger charge is -2.11. The van der Waals surface area contributed by atoms with Crippen molar-refractivity contribution in [2.75, 3.05) is 13.7 Å². The van der Waals surface area contributed by atoms with E-state index in [9.17, 15) is 13.2 Å². The van der Waals surface area contributed by atoms with E-state index in [0.717, 1.165) is 0 Å². The molecule has 0 aromatic heterocycles. The van der Waals surface area contributed by atoms with E-state index in [1.54, 1.807) is 19.1 Å². The highest BCUT2D eigenvalue weighted by Gasteiger charge is 2.20. The molecule has 0 amide bonds. The maximum atomic E-state index is 12.4. The zero-order chi connectivity index (χ0) is 17.7. The van der Waals surface area contributed by atoms with Crippen LogP contribution in [0.1, 0.15) is 22.8 Å². The maximum absolute atomic E-state index is 12.4. The normalized spacial score (nSPS) is 11.0. The number of hydrogen-bond donors (Lipinski definition) is 0. The van der Waals surface area contributed by atoms with Crippen molar-refractivity contribution in [3.8, 4) is 11.5 Å². The van der Waals surface area contributed by atoms with Gasteiger partial charge in [0.05, 0.1) is 19.3 Å². The number of aryl methyl sites for hydroxylation is 1. The Bertz CT molecular complexity index is 825. The van der Waals surface area contributed by atoms with E-state index in [4.69, 9.17) is 8.92 Å². The first kappa shape index (κ1) is 17.8. The minimum absolute atomic E-state index is 0.0102. The van der Waals surface area contributed by atoms with Gasteiger partial charge in [-0.2, -0.15) is 8.42 Å². The summed E-state index contributed by atoms with van der Waals surface area (Å²) >= 11 is 0. The number of methoxy groups -OCH3 is 1. The predicted molar refractivity (Wildman–Crippen MR) is 87.9 cm³/mol. The Morgan fingerprint density at radius 1 is 1.04 bits per heavy atom. The summed E-state index contributed by atoms with van der Waals surface area (Å²) in [5.41, 5.74) is 0.666. The van der Waals surface area contributed by atoms with Crippen molar-refractivity contribution < 1.29 is 26.9 Å². The largest absolute Gasteiger partial charge is 0.494 e. The first-order chi connectivity index (χ1) is 11.4. The fraction of sp³-hybridized carbons (Fsp3) is 0.235. The van der Waals surface area contributed by atoms with Crippen molar-refractivity contribution >= 4 is 16.1 Å². The van der Waals surface area contributed by atoms with E-state index in [2.05, 4.69) is 4.74 Å². The van der Waals surface area contributed by atoms with Gasteiger partial charge in [0, 0.05) is 0 Å². The molecule has 0 unspecified atom stereocenters. The van der Waals surface area contributed by atoms with E-state index in [0.29, 0.717) is 17.9 Å². The molecule has 0 saturated heterocycles. The van der Waals surface area contributed by atoms with Gasteiger partial charge in [-0.3, -0.25) is 0 Å². The second-order valence-electron chi connectivity index (χ2n) is 4.91. The molecule has 2 rings (SSSR count). The first-order valence-corrected chi connectivity index (χ1v) is 8.64. The summed E-state index contributed by atoms with van der Waals surface area (Å²) in [7, 11) is -2.75. The van der Waals surface area contributed by atoms with Crippen molar-refractivity contribution in [1.82, 2.24) is 0 Å². The molecule has 0 atom stereocenters. The molecule has 2 aromatic rings. The van der Waals surface area contributed by atoms with Crippen LogP contribution >= 0.6 is 0 Å². The Kier molecular flexibility index (Phi) is 5.46. The number of carbonyl (C=O) groups is 1. The summed E-state index contributed by atoms with van der Waals surface area (Å²) in [5.74, 6) is 0.269. The van der Waals surface area contributed by atoms with Gasteiger partial charge in [0.15, 0.2) is 0 Å². The Balaban J connectivity index is 2.25. The molecule has 0 spiro atoms. The van der Waals surface area contributed by atoms with Crippen LogP contribution in [0.15, 0.2) is 47.4 Å². The van der Waals surface area contributed by atoms with Crippen molar-refractivity contribution in [2.24, 2.45) is 0 Å². The van der Waals surface area contributed by atoms with Crippen LogP contribution in [0.3, 0.4) is 0 Å². The van der Waals surface area contributed by atoms with Gasteiger partial charge in [-0.25, -0.2) is 4.79 Å². The van der Waals surface area contributed by atoms with Crippen molar-refractivity contribution in [3.05, 3.63) is 53.6 Å². The number of benzene rings is 2. The molecule has 7 heteroatoms. The molecule has 0 aliphatic rings. The topological polar surface area (TPSA) is 78.9 Å². The van der Waals surface area contributed by atoms with E-state index in [-0.39, 0.29) is 16.2 Å². The molecule has 0 fully saturated rings. The summed E-state index contributed by atoms with van der Waals surface area (Å²) in [5, 5.41) is 0. The SMILES string of the molecule is CCOc1ccc(OS(=O)(=O)c2ccc(C(=O)OC)cc2C)cc1. The summed E-state index contributed by atoms with van der Waals surface area (Å²) in [4.78, 5) is 11.5. The van der Waals surface area contributed by atoms with Gasteiger partial charge >= 0.3 is 16.1 Å². The Hall–Kier alpha value is -2.54. The smallest absolute Gasteiger partial charge is 0.339 e. The Labute approximate surface area is 141 Å². The second kappa shape index (κ2) is 7.35. The number of hydrogen-bond acceptors (Lipinski definition) is 6. The standard InChI is InChI=1S/C17H18O6S/c1-4-22-14-6-8-15(9-7-14)23-24(19,20)16-10-5-13(11-12(16)2)17(18)21-3/h5-11H,4H2,1-3H3. The molecule has 24 heavy (non-hydrogen) atoms. The molecule has 6 nitrogen and oxygen atoms in total. The number of ether oxygens (including phenoxy) is 2. The van der Waals surface area contributed by atoms with E-state index < -0.39 is 16.1 Å². The van der Waals surface area contributed by atoms with Crippen LogP contribution in [-0.2, 0) is 14.9 Å². The highest BCUT2D eigenvalue weighted by atomic mass is 32.2. The van der Waals surface area contributed by atoms with Gasteiger partial charge in [0.25, 0.3) is 0 Å². The lowest BCUT2D eigenvalue weighted by molar-refractivity contribution is 0.0600. The van der Waals surface area contributed by atoms with Crippen LogP contribution < -0.4 is 8.92 Å². The summed E-state index contributed by atoms with van der Waals surface area (Å²) in [6.45, 7) is 3.96. The molecule has 0 heterocycles. The van der Waals surface area contributed by atoms with Gasteiger partial charge < -0.3 is 13.7 Å². The second-order valence-corrected chi connectivity index (χ2v) is 6.43. The monoisotopic (exact) mass is 350 g/mol. The van der Waals surface area contributed by atoms with Crippen LogP contribution in [0.2, 0.25) is 0 Å². The molecule has 0 aliphatic heterocycles. The zero-order valence-corrected chi connectivity index (χ0v) is 14.4. The van der Waals surface area contributed by atoms with Gasteiger partial charge in [-0.05, 0) is 61.9 Å². The van der Waals surface area contributed by atoms with E-state index in [1.807, 2.05) is 6.92 Å². The van der Waals surface area contributed by atoms with Crippen molar-refractivity contribution in [3.63, 3.8) is 0 Å². The number of carbonyl (C=O) groups excluding carboxylic acids is 1. The van der Waals surface area contributed by atoms with Crippen LogP contribution in [0.5, 0.6) is 11.5 Å². The average molecular weight is 350 g/mol. The quantitative estimate of drug-likeness (QED) is 0.589. The van der Waals surface area contributed by atoms with Crippen LogP contribution in [0, 0.1) is 6.92 Å². The highest BCUT2D eigenvalue weighted by molar-refractivity contribution is 7.87.